The number of amides is 1. The van der Waals surface area contributed by atoms with Crippen LogP contribution in [0.3, 0.4) is 0 Å². The van der Waals surface area contributed by atoms with Crippen LogP contribution in [0.5, 0.6) is 5.75 Å². The van der Waals surface area contributed by atoms with Gasteiger partial charge in [-0.3, -0.25) is 9.52 Å². The highest BCUT2D eigenvalue weighted by Gasteiger charge is 2.16. The van der Waals surface area contributed by atoms with Crippen LogP contribution >= 0.6 is 12.2 Å². The molecule has 32 heavy (non-hydrogen) atoms. The molecule has 1 saturated carbocycles. The first-order valence-corrected chi connectivity index (χ1v) is 12.6. The average molecular weight is 476 g/mol. The lowest BCUT2D eigenvalue weighted by Gasteiger charge is -2.21. The van der Waals surface area contributed by atoms with Gasteiger partial charge in [0.1, 0.15) is 5.75 Å². The summed E-state index contributed by atoms with van der Waals surface area (Å²) in [5.74, 6) is 1.17. The maximum absolute atomic E-state index is 12.6. The first kappa shape index (κ1) is 24.0. The number of hydrogen-bond donors (Lipinski definition) is 3. The van der Waals surface area contributed by atoms with Crippen molar-refractivity contribution in [3.05, 3.63) is 48.5 Å². The number of ether oxygens (including phenoxy) is 1. The van der Waals surface area contributed by atoms with Crippen LogP contribution < -0.4 is 20.1 Å². The first-order chi connectivity index (χ1) is 15.4. The number of methoxy groups -OCH3 is 1. The number of nitrogens with one attached hydrogen (secondary N) is 3. The number of anilines is 2. The van der Waals surface area contributed by atoms with E-state index < -0.39 is 10.0 Å². The molecule has 1 aliphatic carbocycles. The number of rotatable bonds is 8. The van der Waals surface area contributed by atoms with Gasteiger partial charge in [0.2, 0.25) is 5.91 Å². The SMILES string of the molecule is COc1ccc(NS(=O)(=O)c2ccc(NC(=S)NC(=O)CCC3CCCCC3)cc2)cc1. The third-order valence-electron chi connectivity index (χ3n) is 5.52. The standard InChI is InChI=1S/C23H29N3O4S2/c1-30-20-12-8-19(9-13-20)26-32(28,29)21-14-10-18(11-15-21)24-23(31)25-22(27)16-7-17-5-3-2-4-6-17/h8-15,17,26H,2-7,16H2,1H3,(H2,24,25,27,31). The monoisotopic (exact) mass is 475 g/mol. The minimum atomic E-state index is -3.74. The molecule has 0 spiro atoms. The topological polar surface area (TPSA) is 96.5 Å². The average Bonchev–Trinajstić information content (AvgIpc) is 2.79. The van der Waals surface area contributed by atoms with Gasteiger partial charge in [-0.2, -0.15) is 0 Å². The minimum absolute atomic E-state index is 0.101. The molecule has 9 heteroatoms. The number of benzene rings is 2. The summed E-state index contributed by atoms with van der Waals surface area (Å²) in [6.07, 6.45) is 7.58. The number of hydrogen-bond acceptors (Lipinski definition) is 5. The Kier molecular flexibility index (Phi) is 8.46. The third kappa shape index (κ3) is 7.20. The summed E-state index contributed by atoms with van der Waals surface area (Å²) in [5, 5.41) is 5.82. The Labute approximate surface area is 195 Å². The molecule has 0 saturated heterocycles. The van der Waals surface area contributed by atoms with Crippen LogP contribution in [-0.2, 0) is 14.8 Å². The summed E-state index contributed by atoms with van der Waals surface area (Å²) >= 11 is 5.21. The lowest BCUT2D eigenvalue weighted by atomic mass is 9.86. The predicted molar refractivity (Wildman–Crippen MR) is 130 cm³/mol. The highest BCUT2D eigenvalue weighted by molar-refractivity contribution is 7.92. The van der Waals surface area contributed by atoms with E-state index in [0.717, 1.165) is 6.42 Å². The second-order valence-electron chi connectivity index (χ2n) is 7.90. The lowest BCUT2D eigenvalue weighted by molar-refractivity contribution is -0.120. The third-order valence-corrected chi connectivity index (χ3v) is 7.12. The maximum Gasteiger partial charge on any atom is 0.261 e. The molecule has 1 aliphatic rings. The summed E-state index contributed by atoms with van der Waals surface area (Å²) < 4.78 is 32.8. The Morgan fingerprint density at radius 2 is 1.62 bits per heavy atom. The Hall–Kier alpha value is -2.65. The van der Waals surface area contributed by atoms with Crippen molar-refractivity contribution in [3.8, 4) is 5.75 Å². The van der Waals surface area contributed by atoms with Gasteiger partial charge in [0.05, 0.1) is 12.0 Å². The van der Waals surface area contributed by atoms with Crippen LogP contribution in [0.15, 0.2) is 53.4 Å². The highest BCUT2D eigenvalue weighted by atomic mass is 32.2. The summed E-state index contributed by atoms with van der Waals surface area (Å²) in [7, 11) is -2.19. The molecule has 0 radical (unpaired) electrons. The van der Waals surface area contributed by atoms with E-state index in [4.69, 9.17) is 17.0 Å². The number of sulfonamides is 1. The zero-order chi connectivity index (χ0) is 23.0. The van der Waals surface area contributed by atoms with Crippen LogP contribution in [-0.4, -0.2) is 26.5 Å². The molecule has 0 atom stereocenters. The zero-order valence-electron chi connectivity index (χ0n) is 18.1. The fourth-order valence-electron chi connectivity index (χ4n) is 3.75. The first-order valence-electron chi connectivity index (χ1n) is 10.7. The van der Waals surface area contributed by atoms with E-state index in [2.05, 4.69) is 15.4 Å². The van der Waals surface area contributed by atoms with Gasteiger partial charge in [0.15, 0.2) is 5.11 Å². The second kappa shape index (κ2) is 11.3. The Bertz CT molecular complexity index is 1020. The Morgan fingerprint density at radius 3 is 2.25 bits per heavy atom. The van der Waals surface area contributed by atoms with Crippen LogP contribution in [0.25, 0.3) is 0 Å². The fraction of sp³-hybridized carbons (Fsp3) is 0.391. The van der Waals surface area contributed by atoms with Gasteiger partial charge in [-0.05, 0) is 73.1 Å². The highest BCUT2D eigenvalue weighted by Crippen LogP contribution is 2.27. The summed E-state index contributed by atoms with van der Waals surface area (Å²) in [5.41, 5.74) is 1.02. The van der Waals surface area contributed by atoms with Crippen molar-refractivity contribution < 1.29 is 17.9 Å². The van der Waals surface area contributed by atoms with Crippen molar-refractivity contribution >= 4 is 44.6 Å². The van der Waals surface area contributed by atoms with Gasteiger partial charge < -0.3 is 15.4 Å². The van der Waals surface area contributed by atoms with Gasteiger partial charge in [-0.1, -0.05) is 32.1 Å². The van der Waals surface area contributed by atoms with Crippen LogP contribution in [0, 0.1) is 5.92 Å². The van der Waals surface area contributed by atoms with Crippen molar-refractivity contribution in [1.29, 1.82) is 0 Å². The van der Waals surface area contributed by atoms with E-state index in [9.17, 15) is 13.2 Å². The molecule has 3 rings (SSSR count). The quantitative estimate of drug-likeness (QED) is 0.480. The molecule has 0 heterocycles. The Morgan fingerprint density at radius 1 is 1.00 bits per heavy atom. The molecule has 0 unspecified atom stereocenters. The van der Waals surface area contributed by atoms with E-state index in [1.165, 1.54) is 44.2 Å². The largest absolute Gasteiger partial charge is 0.497 e. The summed E-state index contributed by atoms with van der Waals surface area (Å²) in [6, 6.07) is 12.8. The van der Waals surface area contributed by atoms with Gasteiger partial charge in [-0.25, -0.2) is 8.42 Å². The van der Waals surface area contributed by atoms with Crippen molar-refractivity contribution in [1.82, 2.24) is 5.32 Å². The van der Waals surface area contributed by atoms with Crippen LogP contribution in [0.2, 0.25) is 0 Å². The number of carbonyl (C=O) groups excluding carboxylic acids is 1. The summed E-state index contributed by atoms with van der Waals surface area (Å²) in [6.45, 7) is 0. The fourth-order valence-corrected chi connectivity index (χ4v) is 5.04. The molecule has 1 fully saturated rings. The molecule has 0 aromatic heterocycles. The van der Waals surface area contributed by atoms with E-state index >= 15 is 0 Å². The van der Waals surface area contributed by atoms with Crippen LogP contribution in [0.1, 0.15) is 44.9 Å². The second-order valence-corrected chi connectivity index (χ2v) is 9.99. The van der Waals surface area contributed by atoms with Gasteiger partial charge in [0, 0.05) is 17.8 Å². The summed E-state index contributed by atoms with van der Waals surface area (Å²) in [4.78, 5) is 12.3. The molecule has 7 nitrogen and oxygen atoms in total. The molecule has 0 aliphatic heterocycles. The van der Waals surface area contributed by atoms with Crippen molar-refractivity contribution in [2.45, 2.75) is 49.8 Å². The van der Waals surface area contributed by atoms with E-state index in [1.807, 2.05) is 0 Å². The molecular formula is C23H29N3O4S2. The van der Waals surface area contributed by atoms with E-state index in [1.54, 1.807) is 43.5 Å². The van der Waals surface area contributed by atoms with Crippen molar-refractivity contribution in [3.63, 3.8) is 0 Å². The smallest absolute Gasteiger partial charge is 0.261 e. The predicted octanol–water partition coefficient (Wildman–Crippen LogP) is 4.67. The number of carbonyl (C=O) groups is 1. The Balaban J connectivity index is 1.49. The molecule has 2 aromatic rings. The molecule has 3 N–H and O–H groups in total. The lowest BCUT2D eigenvalue weighted by Crippen LogP contribution is -2.34. The van der Waals surface area contributed by atoms with E-state index in [0.29, 0.717) is 29.5 Å². The molecule has 172 valence electrons. The van der Waals surface area contributed by atoms with Crippen molar-refractivity contribution in [2.75, 3.05) is 17.1 Å². The normalized spacial score (nSPS) is 14.4. The maximum atomic E-state index is 12.6. The zero-order valence-corrected chi connectivity index (χ0v) is 19.7. The van der Waals surface area contributed by atoms with E-state index in [-0.39, 0.29) is 15.9 Å². The van der Waals surface area contributed by atoms with Gasteiger partial charge in [-0.15, -0.1) is 0 Å². The van der Waals surface area contributed by atoms with Crippen molar-refractivity contribution in [2.24, 2.45) is 5.92 Å². The molecule has 2 aromatic carbocycles. The molecular weight excluding hydrogens is 446 g/mol. The minimum Gasteiger partial charge on any atom is -0.497 e. The van der Waals surface area contributed by atoms with Crippen LogP contribution in [0.4, 0.5) is 11.4 Å². The molecule has 0 bridgehead atoms. The molecule has 1 amide bonds. The van der Waals surface area contributed by atoms with Gasteiger partial charge in [0.25, 0.3) is 10.0 Å². The van der Waals surface area contributed by atoms with Gasteiger partial charge >= 0.3 is 0 Å². The number of thiocarbonyl (C=S) groups is 1.